The van der Waals surface area contributed by atoms with Crippen LogP contribution in [0.1, 0.15) is 36.3 Å². The summed E-state index contributed by atoms with van der Waals surface area (Å²) in [7, 11) is 0. The van der Waals surface area contributed by atoms with Gasteiger partial charge in [0, 0.05) is 36.8 Å². The van der Waals surface area contributed by atoms with Crippen molar-refractivity contribution >= 4 is 23.3 Å². The van der Waals surface area contributed by atoms with E-state index in [1.54, 1.807) is 17.1 Å². The Morgan fingerprint density at radius 3 is 2.77 bits per heavy atom. The number of rotatable bonds is 6. The number of anilines is 1. The Hall–Kier alpha value is -3.39. The van der Waals surface area contributed by atoms with E-state index in [4.69, 9.17) is 5.11 Å². The lowest BCUT2D eigenvalue weighted by molar-refractivity contribution is -0.118. The summed E-state index contributed by atoms with van der Waals surface area (Å²) in [4.78, 5) is 26.7. The van der Waals surface area contributed by atoms with Crippen LogP contribution in [-0.2, 0) is 11.2 Å². The van der Waals surface area contributed by atoms with Crippen LogP contribution < -0.4 is 5.32 Å². The van der Waals surface area contributed by atoms with Crippen LogP contribution in [0.5, 0.6) is 0 Å². The number of aryl methyl sites for hydroxylation is 2. The molecule has 0 fully saturated rings. The second-order valence-corrected chi connectivity index (χ2v) is 7.37. The van der Waals surface area contributed by atoms with E-state index in [2.05, 4.69) is 25.4 Å². The maximum Gasteiger partial charge on any atom is 0.248 e. The number of nitrogens with zero attached hydrogens (tertiary/aromatic N) is 5. The molecular formula is C22H24N6O2. The van der Waals surface area contributed by atoms with Crippen LogP contribution in [0.4, 0.5) is 11.6 Å². The van der Waals surface area contributed by atoms with Crippen LogP contribution in [0.25, 0.3) is 0 Å². The van der Waals surface area contributed by atoms with Gasteiger partial charge in [0.1, 0.15) is 5.92 Å². The molecule has 8 nitrogen and oxygen atoms in total. The first-order chi connectivity index (χ1) is 14.6. The molecule has 1 aliphatic rings. The Kier molecular flexibility index (Phi) is 5.67. The number of aliphatic imine (C=N–C) groups is 1. The highest BCUT2D eigenvalue weighted by Crippen LogP contribution is 2.36. The van der Waals surface area contributed by atoms with Gasteiger partial charge in [-0.1, -0.05) is 24.3 Å². The van der Waals surface area contributed by atoms with Crippen LogP contribution in [-0.4, -0.2) is 43.1 Å². The molecule has 2 atom stereocenters. The number of aliphatic hydroxyl groups excluding tert-OH is 1. The Morgan fingerprint density at radius 2 is 2.03 bits per heavy atom. The molecule has 0 saturated heterocycles. The minimum Gasteiger partial charge on any atom is -0.396 e. The maximum atomic E-state index is 13.4. The van der Waals surface area contributed by atoms with Crippen molar-refractivity contribution in [1.29, 1.82) is 0 Å². The third kappa shape index (κ3) is 3.86. The van der Waals surface area contributed by atoms with Gasteiger partial charge < -0.3 is 10.4 Å². The van der Waals surface area contributed by atoms with E-state index < -0.39 is 12.0 Å². The fourth-order valence-electron chi connectivity index (χ4n) is 3.70. The number of benzene rings is 1. The molecule has 1 aliphatic heterocycles. The summed E-state index contributed by atoms with van der Waals surface area (Å²) >= 11 is 0. The van der Waals surface area contributed by atoms with Crippen LogP contribution in [0.15, 0.2) is 53.8 Å². The van der Waals surface area contributed by atoms with Gasteiger partial charge in [-0.3, -0.25) is 9.78 Å². The van der Waals surface area contributed by atoms with Crippen LogP contribution in [0.2, 0.25) is 0 Å². The number of hydrogen-bond donors (Lipinski definition) is 2. The van der Waals surface area contributed by atoms with Gasteiger partial charge in [-0.2, -0.15) is 10.1 Å². The monoisotopic (exact) mass is 404 g/mol. The fraction of sp³-hybridized carbons (Fsp3) is 0.318. The summed E-state index contributed by atoms with van der Waals surface area (Å²) in [6.07, 6.45) is 4.56. The topological polar surface area (TPSA) is 105 Å². The average molecular weight is 404 g/mol. The third-order valence-electron chi connectivity index (χ3n) is 5.23. The molecule has 4 rings (SSSR count). The maximum absolute atomic E-state index is 13.4. The highest BCUT2D eigenvalue weighted by atomic mass is 16.3. The summed E-state index contributed by atoms with van der Waals surface area (Å²) in [5.41, 5.74) is 3.29. The minimum absolute atomic E-state index is 0.0691. The Bertz CT molecular complexity index is 1080. The second kappa shape index (κ2) is 8.54. The SMILES string of the molecule is CC1=Nc2nc(CCCO)nn2C(c2cccnc2)C1C(=O)Nc1ccccc1C. The first-order valence-electron chi connectivity index (χ1n) is 9.96. The predicted molar refractivity (Wildman–Crippen MR) is 114 cm³/mol. The number of aliphatic hydroxyl groups is 1. The number of hydrogen-bond acceptors (Lipinski definition) is 6. The Balaban J connectivity index is 1.74. The summed E-state index contributed by atoms with van der Waals surface area (Å²) < 4.78 is 1.71. The molecular weight excluding hydrogens is 380 g/mol. The van der Waals surface area contributed by atoms with Gasteiger partial charge in [0.25, 0.3) is 0 Å². The first-order valence-corrected chi connectivity index (χ1v) is 9.96. The molecule has 3 aromatic rings. The standard InChI is InChI=1S/C22H24N6O2/c1-14-7-3-4-9-17(14)25-21(30)19-15(2)24-22-26-18(10-6-12-29)27-28(22)20(19)16-8-5-11-23-13-16/h3-5,7-9,11,13,19-20,29H,6,10,12H2,1-2H3,(H,25,30). The number of pyridine rings is 1. The number of para-hydroxylation sites is 1. The fourth-order valence-corrected chi connectivity index (χ4v) is 3.70. The van der Waals surface area contributed by atoms with Crippen LogP contribution >= 0.6 is 0 Å². The zero-order chi connectivity index (χ0) is 21.1. The van der Waals surface area contributed by atoms with Crippen molar-refractivity contribution in [1.82, 2.24) is 19.7 Å². The number of amides is 1. The van der Waals surface area contributed by atoms with Crippen LogP contribution in [0, 0.1) is 12.8 Å². The van der Waals surface area contributed by atoms with E-state index in [9.17, 15) is 4.79 Å². The van der Waals surface area contributed by atoms with E-state index in [1.165, 1.54) is 0 Å². The summed E-state index contributed by atoms with van der Waals surface area (Å²) in [6, 6.07) is 11.0. The molecule has 2 N–H and O–H groups in total. The number of carbonyl (C=O) groups excluding carboxylic acids is 1. The molecule has 0 aliphatic carbocycles. The van der Waals surface area contributed by atoms with Gasteiger partial charge in [0.15, 0.2) is 5.82 Å². The van der Waals surface area contributed by atoms with Gasteiger partial charge in [-0.05, 0) is 43.5 Å². The molecule has 1 amide bonds. The number of carbonyl (C=O) groups is 1. The number of fused-ring (bicyclic) bond motifs is 1. The Labute approximate surface area is 174 Å². The van der Waals surface area contributed by atoms with E-state index in [1.807, 2.05) is 50.2 Å². The molecule has 3 heterocycles. The first kappa shape index (κ1) is 19.9. The molecule has 0 saturated carbocycles. The predicted octanol–water partition coefficient (Wildman–Crippen LogP) is 2.86. The zero-order valence-corrected chi connectivity index (χ0v) is 17.0. The van der Waals surface area contributed by atoms with Gasteiger partial charge in [0.05, 0.1) is 6.04 Å². The summed E-state index contributed by atoms with van der Waals surface area (Å²) in [5, 5.41) is 16.8. The third-order valence-corrected chi connectivity index (χ3v) is 5.23. The number of nitrogens with one attached hydrogen (secondary N) is 1. The molecule has 2 unspecified atom stereocenters. The largest absolute Gasteiger partial charge is 0.396 e. The molecule has 154 valence electrons. The molecule has 2 aromatic heterocycles. The molecule has 0 bridgehead atoms. The summed E-state index contributed by atoms with van der Waals surface area (Å²) in [6.45, 7) is 3.87. The highest BCUT2D eigenvalue weighted by molar-refractivity contribution is 6.10. The lowest BCUT2D eigenvalue weighted by atomic mass is 9.88. The minimum atomic E-state index is -0.561. The molecule has 30 heavy (non-hydrogen) atoms. The van der Waals surface area contributed by atoms with Gasteiger partial charge >= 0.3 is 0 Å². The van der Waals surface area contributed by atoms with E-state index in [-0.39, 0.29) is 12.5 Å². The van der Waals surface area contributed by atoms with Crippen molar-refractivity contribution in [2.45, 2.75) is 32.7 Å². The van der Waals surface area contributed by atoms with Gasteiger partial charge in [-0.15, -0.1) is 0 Å². The summed E-state index contributed by atoms with van der Waals surface area (Å²) in [5.74, 6) is 0.352. The van der Waals surface area contributed by atoms with E-state index in [0.717, 1.165) is 16.8 Å². The molecule has 8 heteroatoms. The van der Waals surface area contributed by atoms with E-state index >= 15 is 0 Å². The molecule has 0 radical (unpaired) electrons. The van der Waals surface area contributed by atoms with E-state index in [0.29, 0.717) is 30.3 Å². The van der Waals surface area contributed by atoms with Crippen molar-refractivity contribution in [3.8, 4) is 0 Å². The second-order valence-electron chi connectivity index (χ2n) is 7.37. The van der Waals surface area contributed by atoms with Crippen molar-refractivity contribution in [2.24, 2.45) is 10.9 Å². The average Bonchev–Trinajstić information content (AvgIpc) is 3.15. The van der Waals surface area contributed by atoms with Crippen molar-refractivity contribution in [3.05, 3.63) is 65.7 Å². The quantitative estimate of drug-likeness (QED) is 0.657. The lowest BCUT2D eigenvalue weighted by Crippen LogP contribution is -2.39. The van der Waals surface area contributed by atoms with Crippen molar-refractivity contribution in [3.63, 3.8) is 0 Å². The zero-order valence-electron chi connectivity index (χ0n) is 17.0. The van der Waals surface area contributed by atoms with Crippen molar-refractivity contribution < 1.29 is 9.90 Å². The number of aromatic nitrogens is 4. The van der Waals surface area contributed by atoms with Crippen molar-refractivity contribution in [2.75, 3.05) is 11.9 Å². The molecule has 0 spiro atoms. The highest BCUT2D eigenvalue weighted by Gasteiger charge is 2.39. The van der Waals surface area contributed by atoms with Gasteiger partial charge in [-0.25, -0.2) is 9.67 Å². The lowest BCUT2D eigenvalue weighted by Gasteiger charge is -2.30. The molecule has 1 aromatic carbocycles. The smallest absolute Gasteiger partial charge is 0.248 e. The van der Waals surface area contributed by atoms with Gasteiger partial charge in [0.2, 0.25) is 11.9 Å². The normalized spacial score (nSPS) is 17.9. The Morgan fingerprint density at radius 1 is 1.20 bits per heavy atom. The van der Waals surface area contributed by atoms with Crippen LogP contribution in [0.3, 0.4) is 0 Å².